The maximum absolute atomic E-state index is 11.0. The number of amides is 4. The Hall–Kier alpha value is -3.30. The number of nitrogens with zero attached hydrogens (tertiary/aromatic N) is 2. The summed E-state index contributed by atoms with van der Waals surface area (Å²) in [4.78, 5) is 67.0. The molecule has 26 heavy (non-hydrogen) atoms. The molecule has 0 aromatic rings. The predicted octanol–water partition coefficient (Wildman–Crippen LogP) is -0.451. The zero-order valence-electron chi connectivity index (χ0n) is 14.1. The average Bonchev–Trinajstić information content (AvgIpc) is 3.06. The maximum Gasteiger partial charge on any atom is 0.326 e. The molecule has 140 valence electrons. The van der Waals surface area contributed by atoms with Gasteiger partial charge >= 0.3 is 11.9 Å². The molecule has 0 saturated heterocycles. The molecule has 0 radical (unpaired) electrons. The minimum absolute atomic E-state index is 0.217. The van der Waals surface area contributed by atoms with Crippen LogP contribution in [0.5, 0.6) is 0 Å². The molecule has 0 aromatic heterocycles. The smallest absolute Gasteiger partial charge is 0.326 e. The van der Waals surface area contributed by atoms with Crippen molar-refractivity contribution in [1.82, 2.24) is 9.80 Å². The Bertz CT molecular complexity index is 613. The van der Waals surface area contributed by atoms with E-state index in [1.165, 1.54) is 0 Å². The lowest BCUT2D eigenvalue weighted by molar-refractivity contribution is -0.153. The van der Waals surface area contributed by atoms with Crippen LogP contribution >= 0.6 is 0 Å². The third kappa shape index (κ3) is 4.41. The lowest BCUT2D eigenvalue weighted by atomic mass is 10.2. The number of rotatable bonds is 6. The summed E-state index contributed by atoms with van der Waals surface area (Å²) < 4.78 is 0. The van der Waals surface area contributed by atoms with Crippen LogP contribution in [-0.2, 0) is 28.8 Å². The molecule has 0 spiro atoms. The van der Waals surface area contributed by atoms with Gasteiger partial charge in [-0.15, -0.1) is 0 Å². The van der Waals surface area contributed by atoms with Crippen molar-refractivity contribution in [2.24, 2.45) is 0 Å². The van der Waals surface area contributed by atoms with E-state index in [-0.39, 0.29) is 12.8 Å². The van der Waals surface area contributed by atoms with Crippen molar-refractivity contribution in [1.29, 1.82) is 0 Å². The van der Waals surface area contributed by atoms with Gasteiger partial charge in [-0.25, -0.2) is 9.59 Å². The minimum atomic E-state index is -1.16. The molecule has 0 saturated carbocycles. The van der Waals surface area contributed by atoms with E-state index in [1.54, 1.807) is 13.8 Å². The molecule has 2 aliphatic heterocycles. The molecule has 0 aromatic carbocycles. The summed E-state index contributed by atoms with van der Waals surface area (Å²) in [5, 5.41) is 17.4. The molecule has 4 amide bonds. The van der Waals surface area contributed by atoms with Gasteiger partial charge in [0.15, 0.2) is 0 Å². The van der Waals surface area contributed by atoms with Gasteiger partial charge in [0.2, 0.25) is 0 Å². The molecular weight excluding hydrogens is 348 g/mol. The highest BCUT2D eigenvalue weighted by Crippen LogP contribution is 2.12. The molecule has 2 aliphatic rings. The second kappa shape index (κ2) is 8.70. The predicted molar refractivity (Wildman–Crippen MR) is 85.4 cm³/mol. The number of carbonyl (C=O) groups is 6. The van der Waals surface area contributed by atoms with Crippen LogP contribution in [0.3, 0.4) is 0 Å². The quantitative estimate of drug-likeness (QED) is 0.600. The van der Waals surface area contributed by atoms with E-state index in [0.29, 0.717) is 0 Å². The van der Waals surface area contributed by atoms with Crippen LogP contribution in [0.2, 0.25) is 0 Å². The molecule has 0 fully saturated rings. The third-order valence-corrected chi connectivity index (χ3v) is 3.65. The van der Waals surface area contributed by atoms with Gasteiger partial charge in [0, 0.05) is 24.3 Å². The molecule has 0 aliphatic carbocycles. The summed E-state index contributed by atoms with van der Waals surface area (Å²) >= 11 is 0. The summed E-state index contributed by atoms with van der Waals surface area (Å²) in [6, 6.07) is -2.09. The molecule has 2 atom stereocenters. The monoisotopic (exact) mass is 366 g/mol. The van der Waals surface area contributed by atoms with E-state index in [2.05, 4.69) is 0 Å². The topological polar surface area (TPSA) is 149 Å². The van der Waals surface area contributed by atoms with Crippen LogP contribution in [0.1, 0.15) is 26.7 Å². The van der Waals surface area contributed by atoms with Crippen molar-refractivity contribution in [3.05, 3.63) is 24.3 Å². The Morgan fingerprint density at radius 3 is 1.12 bits per heavy atom. The lowest BCUT2D eigenvalue weighted by Gasteiger charge is -2.20. The number of hydrogen-bond donors (Lipinski definition) is 2. The molecule has 10 nitrogen and oxygen atoms in total. The second-order valence-electron chi connectivity index (χ2n) is 5.28. The van der Waals surface area contributed by atoms with Gasteiger partial charge in [0.1, 0.15) is 12.1 Å². The zero-order chi connectivity index (χ0) is 20.0. The van der Waals surface area contributed by atoms with Gasteiger partial charge in [-0.3, -0.25) is 29.0 Å². The Morgan fingerprint density at radius 1 is 0.731 bits per heavy atom. The van der Waals surface area contributed by atoms with Gasteiger partial charge in [-0.1, -0.05) is 13.8 Å². The van der Waals surface area contributed by atoms with Crippen molar-refractivity contribution < 1.29 is 39.0 Å². The minimum Gasteiger partial charge on any atom is -0.480 e. The number of imide groups is 2. The Labute approximate surface area is 148 Å². The molecule has 2 heterocycles. The first-order valence-electron chi connectivity index (χ1n) is 7.71. The van der Waals surface area contributed by atoms with E-state index in [1.807, 2.05) is 0 Å². The molecule has 0 unspecified atom stereocenters. The lowest BCUT2D eigenvalue weighted by Crippen LogP contribution is -2.44. The number of aliphatic carboxylic acids is 2. The molecule has 10 heteroatoms. The van der Waals surface area contributed by atoms with Crippen LogP contribution in [-0.4, -0.2) is 67.7 Å². The summed E-state index contributed by atoms with van der Waals surface area (Å²) in [7, 11) is 0. The van der Waals surface area contributed by atoms with Crippen LogP contribution in [0.15, 0.2) is 24.3 Å². The summed E-state index contributed by atoms with van der Waals surface area (Å²) in [5.74, 6) is -4.54. The summed E-state index contributed by atoms with van der Waals surface area (Å²) in [5.41, 5.74) is 0. The van der Waals surface area contributed by atoms with Crippen LogP contribution in [0.25, 0.3) is 0 Å². The fourth-order valence-electron chi connectivity index (χ4n) is 2.37. The highest BCUT2D eigenvalue weighted by atomic mass is 16.4. The number of carbonyl (C=O) groups excluding carboxylic acids is 4. The first kappa shape index (κ1) is 20.7. The molecule has 2 N–H and O–H groups in total. The highest BCUT2D eigenvalue weighted by Gasteiger charge is 2.35. The van der Waals surface area contributed by atoms with E-state index >= 15 is 0 Å². The van der Waals surface area contributed by atoms with Crippen LogP contribution in [0.4, 0.5) is 0 Å². The van der Waals surface area contributed by atoms with Crippen molar-refractivity contribution in [3.8, 4) is 0 Å². The van der Waals surface area contributed by atoms with Crippen molar-refractivity contribution in [2.75, 3.05) is 0 Å². The summed E-state index contributed by atoms with van der Waals surface area (Å²) in [6.45, 7) is 3.22. The van der Waals surface area contributed by atoms with Crippen LogP contribution in [0, 0.1) is 0 Å². The van der Waals surface area contributed by atoms with Crippen molar-refractivity contribution in [2.45, 2.75) is 38.8 Å². The zero-order valence-corrected chi connectivity index (χ0v) is 14.1. The fourth-order valence-corrected chi connectivity index (χ4v) is 2.37. The molecular formula is C16H18N2O8. The fraction of sp³-hybridized carbons (Fsp3) is 0.375. The van der Waals surface area contributed by atoms with Crippen molar-refractivity contribution in [3.63, 3.8) is 0 Å². The van der Waals surface area contributed by atoms with Crippen molar-refractivity contribution >= 4 is 35.6 Å². The van der Waals surface area contributed by atoms with E-state index in [4.69, 9.17) is 10.2 Å². The second-order valence-corrected chi connectivity index (χ2v) is 5.28. The van der Waals surface area contributed by atoms with Gasteiger partial charge in [-0.2, -0.15) is 0 Å². The SMILES string of the molecule is CC[C@H](C(=O)O)N1C(=O)C=CC1=O.CC[C@H](C(=O)O)N1C(=O)C=CC1=O. The van der Waals surface area contributed by atoms with Gasteiger partial charge in [-0.05, 0) is 12.8 Å². The largest absolute Gasteiger partial charge is 0.480 e. The maximum atomic E-state index is 11.0. The Morgan fingerprint density at radius 2 is 0.962 bits per heavy atom. The van der Waals surface area contributed by atoms with Gasteiger partial charge < -0.3 is 10.2 Å². The average molecular weight is 366 g/mol. The Kier molecular flexibility index (Phi) is 6.94. The van der Waals surface area contributed by atoms with E-state index < -0.39 is 47.7 Å². The van der Waals surface area contributed by atoms with E-state index in [9.17, 15) is 28.8 Å². The molecule has 2 rings (SSSR count). The normalized spacial score (nSPS) is 18.1. The van der Waals surface area contributed by atoms with Gasteiger partial charge in [0.05, 0.1) is 0 Å². The standard InChI is InChI=1S/2C8H9NO4/c2*1-2-5(8(12)13)9-6(10)3-4-7(9)11/h2*3-5H,2H2,1H3,(H,12,13)/t2*5-/m11/s1. The first-order valence-corrected chi connectivity index (χ1v) is 7.71. The summed E-state index contributed by atoms with van der Waals surface area (Å²) in [6.07, 6.45) is 4.74. The first-order chi connectivity index (χ1) is 12.1. The van der Waals surface area contributed by atoms with E-state index in [0.717, 1.165) is 34.1 Å². The van der Waals surface area contributed by atoms with Gasteiger partial charge in [0.25, 0.3) is 23.6 Å². The third-order valence-electron chi connectivity index (χ3n) is 3.65. The highest BCUT2D eigenvalue weighted by molar-refractivity contribution is 6.15. The molecule has 0 bridgehead atoms. The Balaban J connectivity index is 0.000000260. The number of hydrogen-bond acceptors (Lipinski definition) is 6. The van der Waals surface area contributed by atoms with Crippen LogP contribution < -0.4 is 0 Å². The number of carboxylic acid groups (broad SMARTS) is 2. The number of carboxylic acids is 2.